The Bertz CT molecular complexity index is 1350. The van der Waals surface area contributed by atoms with E-state index < -0.39 is 14.2 Å². The lowest BCUT2D eigenvalue weighted by molar-refractivity contribution is 0.0880. The molecule has 0 aliphatic rings. The second kappa shape index (κ2) is 12.5. The summed E-state index contributed by atoms with van der Waals surface area (Å²) in [5.41, 5.74) is 3.84. The highest BCUT2D eigenvalue weighted by Gasteiger charge is 2.15. The van der Waals surface area contributed by atoms with E-state index in [0.717, 1.165) is 28.3 Å². The van der Waals surface area contributed by atoms with Gasteiger partial charge in [0.2, 0.25) is 0 Å². The van der Waals surface area contributed by atoms with Crippen molar-refractivity contribution in [1.29, 1.82) is 0 Å². The van der Waals surface area contributed by atoms with Gasteiger partial charge in [0.1, 0.15) is 25.4 Å². The number of nitrogens with zero attached hydrogens (tertiary/aromatic N) is 4. The first kappa shape index (κ1) is 27.0. The van der Waals surface area contributed by atoms with Crippen LogP contribution >= 0.6 is 0 Å². The zero-order chi connectivity index (χ0) is 27.0. The van der Waals surface area contributed by atoms with E-state index in [1.165, 1.54) is 0 Å². The van der Waals surface area contributed by atoms with Crippen LogP contribution in [-0.4, -0.2) is 47.6 Å². The number of aromatic nitrogens is 4. The van der Waals surface area contributed by atoms with Crippen LogP contribution in [0.25, 0.3) is 22.5 Å². The number of pyridine rings is 1. The molecule has 0 aliphatic heterocycles. The van der Waals surface area contributed by atoms with E-state index in [2.05, 4.69) is 40.1 Å². The molecule has 2 aromatic carbocycles. The van der Waals surface area contributed by atoms with E-state index in [-0.39, 0.29) is 6.61 Å². The molecule has 10 heteroatoms. The van der Waals surface area contributed by atoms with Crippen LogP contribution in [0.3, 0.4) is 0 Å². The summed E-state index contributed by atoms with van der Waals surface area (Å²) >= 11 is 0. The fourth-order valence-electron chi connectivity index (χ4n) is 3.71. The number of amides is 1. The Morgan fingerprint density at radius 1 is 1.03 bits per heavy atom. The van der Waals surface area contributed by atoms with Gasteiger partial charge in [-0.15, -0.1) is 10.2 Å². The average molecular weight is 532 g/mol. The standard InChI is InChI=1S/C28H33N5O4Si/c1-35-26-11-10-24(31-28(34)37-18-21-8-6-5-7-9-21)15-25(26)22-14-23(17-29-16-22)27-32-30-19-33(27)20-36-12-13-38(2,3)4/h5-11,14-17,19H,12-13,18,20H2,1-4H3,(H,31,34). The van der Waals surface area contributed by atoms with Crippen molar-refractivity contribution in [1.82, 2.24) is 19.7 Å². The van der Waals surface area contributed by atoms with Gasteiger partial charge >= 0.3 is 6.09 Å². The van der Waals surface area contributed by atoms with Crippen LogP contribution in [0.15, 0.2) is 73.3 Å². The number of anilines is 1. The third kappa shape index (κ3) is 7.50. The molecule has 1 amide bonds. The molecule has 0 atom stereocenters. The predicted molar refractivity (Wildman–Crippen MR) is 150 cm³/mol. The largest absolute Gasteiger partial charge is 0.496 e. The minimum atomic E-state index is -1.17. The van der Waals surface area contributed by atoms with Gasteiger partial charge in [0, 0.05) is 49.5 Å². The Kier molecular flexibility index (Phi) is 8.88. The molecular weight excluding hydrogens is 498 g/mol. The molecule has 38 heavy (non-hydrogen) atoms. The van der Waals surface area contributed by atoms with Crippen LogP contribution in [0.1, 0.15) is 5.56 Å². The summed E-state index contributed by atoms with van der Waals surface area (Å²) in [6, 6.07) is 18.0. The summed E-state index contributed by atoms with van der Waals surface area (Å²) in [7, 11) is 0.435. The van der Waals surface area contributed by atoms with Crippen molar-refractivity contribution >= 4 is 19.9 Å². The molecule has 0 unspecified atom stereocenters. The van der Waals surface area contributed by atoms with Crippen molar-refractivity contribution in [3.8, 4) is 28.3 Å². The van der Waals surface area contributed by atoms with Crippen LogP contribution in [-0.2, 0) is 22.8 Å². The van der Waals surface area contributed by atoms with Crippen LogP contribution in [0.4, 0.5) is 10.5 Å². The molecule has 0 aliphatic carbocycles. The van der Waals surface area contributed by atoms with Gasteiger partial charge in [-0.1, -0.05) is 50.0 Å². The lowest BCUT2D eigenvalue weighted by Crippen LogP contribution is -2.22. The number of rotatable bonds is 11. The van der Waals surface area contributed by atoms with E-state index in [1.807, 2.05) is 47.0 Å². The minimum Gasteiger partial charge on any atom is -0.496 e. The van der Waals surface area contributed by atoms with Crippen molar-refractivity contribution in [2.24, 2.45) is 0 Å². The molecule has 0 bridgehead atoms. The second-order valence-corrected chi connectivity index (χ2v) is 15.7. The van der Waals surface area contributed by atoms with Crippen LogP contribution < -0.4 is 10.1 Å². The van der Waals surface area contributed by atoms with Gasteiger partial charge in [0.15, 0.2) is 5.82 Å². The number of methoxy groups -OCH3 is 1. The molecule has 0 saturated carbocycles. The highest BCUT2D eigenvalue weighted by molar-refractivity contribution is 6.76. The van der Waals surface area contributed by atoms with Gasteiger partial charge in [0.25, 0.3) is 0 Å². The van der Waals surface area contributed by atoms with E-state index in [1.54, 1.807) is 38.0 Å². The first-order chi connectivity index (χ1) is 18.3. The average Bonchev–Trinajstić information content (AvgIpc) is 3.39. The zero-order valence-electron chi connectivity index (χ0n) is 22.2. The number of ether oxygens (including phenoxy) is 3. The van der Waals surface area contributed by atoms with Gasteiger partial charge < -0.3 is 14.2 Å². The molecule has 0 saturated heterocycles. The maximum atomic E-state index is 12.4. The van der Waals surface area contributed by atoms with Crippen molar-refractivity contribution in [2.75, 3.05) is 19.0 Å². The molecule has 2 heterocycles. The fraction of sp³-hybridized carbons (Fsp3) is 0.286. The Hall–Kier alpha value is -4.02. The minimum absolute atomic E-state index is 0.185. The van der Waals surface area contributed by atoms with E-state index in [4.69, 9.17) is 14.2 Å². The zero-order valence-corrected chi connectivity index (χ0v) is 23.2. The molecule has 0 radical (unpaired) electrons. The second-order valence-electron chi connectivity index (χ2n) is 10.0. The highest BCUT2D eigenvalue weighted by Crippen LogP contribution is 2.34. The molecular formula is C28H33N5O4Si. The summed E-state index contributed by atoms with van der Waals surface area (Å²) in [6.07, 6.45) is 4.59. The Morgan fingerprint density at radius 2 is 1.82 bits per heavy atom. The summed E-state index contributed by atoms with van der Waals surface area (Å²) in [6.45, 7) is 8.23. The monoisotopic (exact) mass is 531 g/mol. The number of carbonyl (C=O) groups excluding carboxylic acids is 1. The van der Waals surface area contributed by atoms with Gasteiger partial charge in [-0.2, -0.15) is 0 Å². The lowest BCUT2D eigenvalue weighted by atomic mass is 10.0. The molecule has 4 rings (SSSR count). The normalized spacial score (nSPS) is 11.3. The van der Waals surface area contributed by atoms with E-state index in [9.17, 15) is 4.79 Å². The number of carbonyl (C=O) groups is 1. The number of hydrogen-bond donors (Lipinski definition) is 1. The van der Waals surface area contributed by atoms with Crippen LogP contribution in [0, 0.1) is 0 Å². The molecule has 0 spiro atoms. The molecule has 4 aromatic rings. The maximum absolute atomic E-state index is 12.4. The SMILES string of the molecule is COc1ccc(NC(=O)OCc2ccccc2)cc1-c1cncc(-c2nncn2COCC[Si](C)(C)C)c1. The molecule has 2 aromatic heterocycles. The van der Waals surface area contributed by atoms with Gasteiger partial charge in [0.05, 0.1) is 7.11 Å². The Balaban J connectivity index is 1.49. The number of benzene rings is 2. The number of nitrogens with one attached hydrogen (secondary N) is 1. The quantitative estimate of drug-likeness (QED) is 0.185. The van der Waals surface area contributed by atoms with Gasteiger partial charge in [-0.25, -0.2) is 4.79 Å². The van der Waals surface area contributed by atoms with Crippen molar-refractivity contribution in [3.63, 3.8) is 0 Å². The van der Waals surface area contributed by atoms with E-state index in [0.29, 0.717) is 30.6 Å². The highest BCUT2D eigenvalue weighted by atomic mass is 28.3. The number of hydrogen-bond acceptors (Lipinski definition) is 7. The van der Waals surface area contributed by atoms with Crippen molar-refractivity contribution in [3.05, 3.63) is 78.9 Å². The van der Waals surface area contributed by atoms with Gasteiger partial charge in [-0.3, -0.25) is 14.9 Å². The molecule has 9 nitrogen and oxygen atoms in total. The van der Waals surface area contributed by atoms with Crippen LogP contribution in [0.5, 0.6) is 5.75 Å². The first-order valence-corrected chi connectivity index (χ1v) is 16.1. The van der Waals surface area contributed by atoms with Gasteiger partial charge in [-0.05, 0) is 35.9 Å². The first-order valence-electron chi connectivity index (χ1n) is 12.4. The molecule has 0 fully saturated rings. The molecule has 1 N–H and O–H groups in total. The third-order valence-electron chi connectivity index (χ3n) is 5.81. The summed E-state index contributed by atoms with van der Waals surface area (Å²) < 4.78 is 18.7. The maximum Gasteiger partial charge on any atom is 0.411 e. The summed E-state index contributed by atoms with van der Waals surface area (Å²) in [5.74, 6) is 1.30. The Morgan fingerprint density at radius 3 is 2.58 bits per heavy atom. The van der Waals surface area contributed by atoms with Crippen molar-refractivity contribution in [2.45, 2.75) is 39.0 Å². The lowest BCUT2D eigenvalue weighted by Gasteiger charge is -2.16. The third-order valence-corrected chi connectivity index (χ3v) is 7.51. The summed E-state index contributed by atoms with van der Waals surface area (Å²) in [4.78, 5) is 16.8. The smallest absolute Gasteiger partial charge is 0.411 e. The Labute approximate surface area is 223 Å². The van der Waals surface area contributed by atoms with E-state index >= 15 is 0 Å². The fourth-order valence-corrected chi connectivity index (χ4v) is 4.47. The molecule has 198 valence electrons. The summed E-state index contributed by atoms with van der Waals surface area (Å²) in [5, 5.41) is 11.2. The predicted octanol–water partition coefficient (Wildman–Crippen LogP) is 6.08. The topological polar surface area (TPSA) is 100 Å². The van der Waals surface area contributed by atoms with Crippen LogP contribution in [0.2, 0.25) is 25.7 Å². The van der Waals surface area contributed by atoms with Crippen molar-refractivity contribution < 1.29 is 19.0 Å².